The van der Waals surface area contributed by atoms with Gasteiger partial charge in [0.15, 0.2) is 0 Å². The Bertz CT molecular complexity index is 648. The van der Waals surface area contributed by atoms with Crippen LogP contribution in [0.3, 0.4) is 0 Å². The van der Waals surface area contributed by atoms with Gasteiger partial charge in [-0.3, -0.25) is 4.79 Å². The Morgan fingerprint density at radius 2 is 1.82 bits per heavy atom. The summed E-state index contributed by atoms with van der Waals surface area (Å²) in [4.78, 5) is 14.3. The molecular formula is C14H12N2O. The van der Waals surface area contributed by atoms with Gasteiger partial charge in [-0.05, 0) is 25.0 Å². The first-order valence-corrected chi connectivity index (χ1v) is 5.34. The van der Waals surface area contributed by atoms with Crippen molar-refractivity contribution in [3.8, 4) is 17.2 Å². The fourth-order valence-corrected chi connectivity index (χ4v) is 2.04. The van der Waals surface area contributed by atoms with Crippen LogP contribution in [0.1, 0.15) is 16.8 Å². The molecule has 1 aromatic heterocycles. The number of nitrogens with zero attached hydrogens (tertiary/aromatic N) is 1. The first-order chi connectivity index (χ1) is 8.15. The maximum atomic E-state index is 11.6. The van der Waals surface area contributed by atoms with Gasteiger partial charge in [0.2, 0.25) is 0 Å². The van der Waals surface area contributed by atoms with Gasteiger partial charge in [-0.25, -0.2) is 0 Å². The monoisotopic (exact) mass is 224 g/mol. The number of hydrogen-bond acceptors (Lipinski definition) is 2. The molecule has 0 aliphatic heterocycles. The summed E-state index contributed by atoms with van der Waals surface area (Å²) in [5.41, 5.74) is 3.34. The Balaban J connectivity index is 2.81. The highest BCUT2D eigenvalue weighted by Crippen LogP contribution is 2.25. The molecule has 0 aliphatic carbocycles. The van der Waals surface area contributed by atoms with Gasteiger partial charge < -0.3 is 4.98 Å². The largest absolute Gasteiger partial charge is 0.325 e. The summed E-state index contributed by atoms with van der Waals surface area (Å²) in [5, 5.41) is 8.99. The van der Waals surface area contributed by atoms with Crippen LogP contribution in [-0.4, -0.2) is 4.98 Å². The van der Waals surface area contributed by atoms with Crippen LogP contribution in [0.25, 0.3) is 11.1 Å². The number of aromatic nitrogens is 1. The van der Waals surface area contributed by atoms with Gasteiger partial charge in [0.1, 0.15) is 11.6 Å². The smallest absolute Gasteiger partial charge is 0.266 e. The van der Waals surface area contributed by atoms with Crippen molar-refractivity contribution < 1.29 is 0 Å². The van der Waals surface area contributed by atoms with E-state index in [4.69, 9.17) is 5.26 Å². The second-order valence-electron chi connectivity index (χ2n) is 3.93. The van der Waals surface area contributed by atoms with Gasteiger partial charge in [0.05, 0.1) is 0 Å². The van der Waals surface area contributed by atoms with E-state index in [-0.39, 0.29) is 11.1 Å². The molecule has 2 rings (SSSR count). The minimum atomic E-state index is -0.317. The molecule has 3 nitrogen and oxygen atoms in total. The van der Waals surface area contributed by atoms with Gasteiger partial charge in [-0.1, -0.05) is 30.3 Å². The predicted molar refractivity (Wildman–Crippen MR) is 66.7 cm³/mol. The molecule has 0 atom stereocenters. The molecule has 0 saturated carbocycles. The fourth-order valence-electron chi connectivity index (χ4n) is 2.04. The van der Waals surface area contributed by atoms with E-state index in [1.54, 1.807) is 0 Å². The molecule has 2 aromatic rings. The van der Waals surface area contributed by atoms with Gasteiger partial charge in [0.25, 0.3) is 5.56 Å². The van der Waals surface area contributed by atoms with E-state index >= 15 is 0 Å². The lowest BCUT2D eigenvalue weighted by atomic mass is 9.96. The van der Waals surface area contributed by atoms with Crippen LogP contribution in [0.2, 0.25) is 0 Å². The second kappa shape index (κ2) is 4.26. The lowest BCUT2D eigenvalue weighted by molar-refractivity contribution is 1.11. The highest BCUT2D eigenvalue weighted by atomic mass is 16.1. The maximum absolute atomic E-state index is 11.6. The summed E-state index contributed by atoms with van der Waals surface area (Å²) in [6.07, 6.45) is 0. The van der Waals surface area contributed by atoms with Crippen molar-refractivity contribution >= 4 is 0 Å². The summed E-state index contributed by atoms with van der Waals surface area (Å²) in [6, 6.07) is 11.7. The van der Waals surface area contributed by atoms with Crippen LogP contribution in [0.15, 0.2) is 35.1 Å². The number of hydrogen-bond donors (Lipinski definition) is 1. The Hall–Kier alpha value is -2.34. The molecular weight excluding hydrogens is 212 g/mol. The minimum absolute atomic E-state index is 0.189. The number of nitrogens with one attached hydrogen (secondary N) is 1. The van der Waals surface area contributed by atoms with Crippen molar-refractivity contribution in [1.29, 1.82) is 5.26 Å². The van der Waals surface area contributed by atoms with Crippen molar-refractivity contribution in [1.82, 2.24) is 4.98 Å². The van der Waals surface area contributed by atoms with Crippen LogP contribution in [-0.2, 0) is 0 Å². The first kappa shape index (κ1) is 11.2. The lowest BCUT2D eigenvalue weighted by Crippen LogP contribution is -2.14. The van der Waals surface area contributed by atoms with Crippen molar-refractivity contribution in [3.05, 3.63) is 57.5 Å². The van der Waals surface area contributed by atoms with E-state index in [2.05, 4.69) is 4.98 Å². The summed E-state index contributed by atoms with van der Waals surface area (Å²) in [5.74, 6) is 0. The standard InChI is InChI=1S/C14H12N2O/c1-9-12(8-15)14(17)16-10(2)13(9)11-6-4-3-5-7-11/h3-7H,1-2H3,(H,16,17). The molecule has 0 saturated heterocycles. The number of nitriles is 1. The van der Waals surface area contributed by atoms with Crippen molar-refractivity contribution in [3.63, 3.8) is 0 Å². The van der Waals surface area contributed by atoms with Gasteiger partial charge >= 0.3 is 0 Å². The third-order valence-corrected chi connectivity index (χ3v) is 2.83. The number of aryl methyl sites for hydroxylation is 1. The molecule has 84 valence electrons. The van der Waals surface area contributed by atoms with Crippen molar-refractivity contribution in [2.45, 2.75) is 13.8 Å². The quantitative estimate of drug-likeness (QED) is 0.809. The van der Waals surface area contributed by atoms with Crippen LogP contribution in [0.5, 0.6) is 0 Å². The zero-order valence-corrected chi connectivity index (χ0v) is 9.74. The number of rotatable bonds is 1. The zero-order valence-electron chi connectivity index (χ0n) is 9.74. The third-order valence-electron chi connectivity index (χ3n) is 2.83. The van der Waals surface area contributed by atoms with Gasteiger partial charge in [0, 0.05) is 11.3 Å². The average molecular weight is 224 g/mol. The number of benzene rings is 1. The molecule has 0 bridgehead atoms. The number of H-pyrrole nitrogens is 1. The number of aromatic amines is 1. The maximum Gasteiger partial charge on any atom is 0.266 e. The summed E-state index contributed by atoms with van der Waals surface area (Å²) in [7, 11) is 0. The van der Waals surface area contributed by atoms with Crippen molar-refractivity contribution in [2.24, 2.45) is 0 Å². The van der Waals surface area contributed by atoms with Crippen molar-refractivity contribution in [2.75, 3.05) is 0 Å². The van der Waals surface area contributed by atoms with Crippen LogP contribution in [0.4, 0.5) is 0 Å². The third kappa shape index (κ3) is 1.85. The highest BCUT2D eigenvalue weighted by Gasteiger charge is 2.12. The topological polar surface area (TPSA) is 56.6 Å². The van der Waals surface area contributed by atoms with Crippen LogP contribution in [0, 0.1) is 25.2 Å². The summed E-state index contributed by atoms with van der Waals surface area (Å²) < 4.78 is 0. The fraction of sp³-hybridized carbons (Fsp3) is 0.143. The number of pyridine rings is 1. The van der Waals surface area contributed by atoms with E-state index in [1.165, 1.54) is 0 Å². The molecule has 1 aromatic carbocycles. The minimum Gasteiger partial charge on any atom is -0.325 e. The van der Waals surface area contributed by atoms with Gasteiger partial charge in [-0.2, -0.15) is 5.26 Å². The average Bonchev–Trinajstić information content (AvgIpc) is 2.30. The molecule has 3 heteroatoms. The first-order valence-electron chi connectivity index (χ1n) is 5.34. The predicted octanol–water partition coefficient (Wildman–Crippen LogP) is 2.53. The molecule has 0 aliphatic rings. The van der Waals surface area contributed by atoms with Crippen LogP contribution < -0.4 is 5.56 Å². The Labute approximate surface area is 99.4 Å². The highest BCUT2D eigenvalue weighted by molar-refractivity contribution is 5.71. The molecule has 0 fully saturated rings. The normalized spacial score (nSPS) is 9.94. The molecule has 1 N–H and O–H groups in total. The molecule has 0 radical (unpaired) electrons. The molecule has 17 heavy (non-hydrogen) atoms. The van der Waals surface area contributed by atoms with Crippen LogP contribution >= 0.6 is 0 Å². The van der Waals surface area contributed by atoms with E-state index < -0.39 is 0 Å². The van der Waals surface area contributed by atoms with E-state index in [1.807, 2.05) is 50.2 Å². The molecule has 0 amide bonds. The van der Waals surface area contributed by atoms with E-state index in [0.717, 1.165) is 22.4 Å². The summed E-state index contributed by atoms with van der Waals surface area (Å²) in [6.45, 7) is 3.65. The molecule has 0 unspecified atom stereocenters. The van der Waals surface area contributed by atoms with Gasteiger partial charge in [-0.15, -0.1) is 0 Å². The Morgan fingerprint density at radius 3 is 2.41 bits per heavy atom. The SMILES string of the molecule is Cc1[nH]c(=O)c(C#N)c(C)c1-c1ccccc1. The Kier molecular flexibility index (Phi) is 2.80. The lowest BCUT2D eigenvalue weighted by Gasteiger charge is -2.10. The molecule has 0 spiro atoms. The second-order valence-corrected chi connectivity index (χ2v) is 3.93. The molecule has 1 heterocycles. The summed E-state index contributed by atoms with van der Waals surface area (Å²) >= 11 is 0. The van der Waals surface area contributed by atoms with E-state index in [9.17, 15) is 4.79 Å². The van der Waals surface area contributed by atoms with E-state index in [0.29, 0.717) is 0 Å². The zero-order chi connectivity index (χ0) is 12.4. The Morgan fingerprint density at radius 1 is 1.18 bits per heavy atom.